The first-order valence-corrected chi connectivity index (χ1v) is 11.2. The van der Waals surface area contributed by atoms with Crippen LogP contribution in [0.5, 0.6) is 11.5 Å². The van der Waals surface area contributed by atoms with Crippen LogP contribution in [-0.2, 0) is 24.7 Å². The Hall–Kier alpha value is -4.11. The normalized spacial score (nSPS) is 22.1. The molecule has 1 saturated heterocycles. The molecule has 1 fully saturated rings. The number of ether oxygens (including phenoxy) is 3. The Morgan fingerprint density at radius 2 is 1.89 bits per heavy atom. The topological polar surface area (TPSA) is 106 Å². The Kier molecular flexibility index (Phi) is 5.56. The molecule has 3 heterocycles. The lowest BCUT2D eigenvalue weighted by molar-refractivity contribution is -0.144. The van der Waals surface area contributed by atoms with Crippen molar-refractivity contribution in [1.29, 1.82) is 0 Å². The SMILES string of the molecule is C=CCN1C(=O)[C@@]2(C(=C(O)c3ccc4c(c3)OCCO4)C(=O)C(=O)N2CCOC)c2ccccc21. The quantitative estimate of drug-likeness (QED) is 0.295. The maximum atomic E-state index is 14.1. The van der Waals surface area contributed by atoms with Crippen molar-refractivity contribution in [3.63, 3.8) is 0 Å². The van der Waals surface area contributed by atoms with E-state index in [0.717, 1.165) is 0 Å². The van der Waals surface area contributed by atoms with Crippen molar-refractivity contribution >= 4 is 29.0 Å². The fourth-order valence-corrected chi connectivity index (χ4v) is 4.99. The van der Waals surface area contributed by atoms with Crippen molar-refractivity contribution in [2.24, 2.45) is 0 Å². The summed E-state index contributed by atoms with van der Waals surface area (Å²) in [5.74, 6) is -1.92. The number of benzene rings is 2. The molecule has 3 aliphatic heterocycles. The van der Waals surface area contributed by atoms with Gasteiger partial charge < -0.3 is 29.1 Å². The van der Waals surface area contributed by atoms with Crippen LogP contribution in [0.25, 0.3) is 5.76 Å². The van der Waals surface area contributed by atoms with E-state index in [-0.39, 0.29) is 30.8 Å². The molecule has 0 aliphatic carbocycles. The van der Waals surface area contributed by atoms with E-state index in [1.807, 2.05) is 0 Å². The van der Waals surface area contributed by atoms with E-state index < -0.39 is 28.9 Å². The highest BCUT2D eigenvalue weighted by Crippen LogP contribution is 2.53. The molecule has 0 radical (unpaired) electrons. The van der Waals surface area contributed by atoms with Crippen LogP contribution >= 0.6 is 0 Å². The minimum absolute atomic E-state index is 0.0268. The molecule has 2 aromatic rings. The number of methoxy groups -OCH3 is 1. The van der Waals surface area contributed by atoms with Gasteiger partial charge in [-0.2, -0.15) is 0 Å². The molecule has 9 nitrogen and oxygen atoms in total. The number of nitrogens with zero attached hydrogens (tertiary/aromatic N) is 2. The highest BCUT2D eigenvalue weighted by molar-refractivity contribution is 6.50. The molecule has 35 heavy (non-hydrogen) atoms. The molecule has 1 N–H and O–H groups in total. The summed E-state index contributed by atoms with van der Waals surface area (Å²) in [6.07, 6.45) is 1.57. The molecule has 2 aromatic carbocycles. The average Bonchev–Trinajstić information content (AvgIpc) is 3.25. The van der Waals surface area contributed by atoms with Crippen LogP contribution in [0.2, 0.25) is 0 Å². The van der Waals surface area contributed by atoms with Gasteiger partial charge in [0.1, 0.15) is 19.0 Å². The second-order valence-corrected chi connectivity index (χ2v) is 8.29. The van der Waals surface area contributed by atoms with Crippen LogP contribution in [-0.4, -0.2) is 67.6 Å². The Bertz CT molecular complexity index is 1280. The minimum atomic E-state index is -1.84. The highest BCUT2D eigenvalue weighted by Gasteiger charge is 2.66. The van der Waals surface area contributed by atoms with Gasteiger partial charge in [-0.25, -0.2) is 0 Å². The molecular formula is C26H24N2O7. The van der Waals surface area contributed by atoms with Crippen molar-refractivity contribution < 1.29 is 33.7 Å². The number of rotatable bonds is 6. The van der Waals surface area contributed by atoms with Crippen LogP contribution < -0.4 is 14.4 Å². The first-order chi connectivity index (χ1) is 17.0. The zero-order chi connectivity index (χ0) is 24.7. The highest BCUT2D eigenvalue weighted by atomic mass is 16.6. The van der Waals surface area contributed by atoms with Crippen LogP contribution in [0.3, 0.4) is 0 Å². The summed E-state index contributed by atoms with van der Waals surface area (Å²) in [5.41, 5.74) is -0.940. The van der Waals surface area contributed by atoms with E-state index in [4.69, 9.17) is 14.2 Å². The van der Waals surface area contributed by atoms with Crippen molar-refractivity contribution in [1.82, 2.24) is 4.90 Å². The van der Waals surface area contributed by atoms with Gasteiger partial charge in [0.2, 0.25) is 0 Å². The van der Waals surface area contributed by atoms with Crippen LogP contribution in [0.4, 0.5) is 5.69 Å². The molecule has 3 aliphatic rings. The summed E-state index contributed by atoms with van der Waals surface area (Å²) in [5, 5.41) is 11.5. The fraction of sp³-hybridized carbons (Fsp3) is 0.269. The summed E-state index contributed by atoms with van der Waals surface area (Å²) in [7, 11) is 1.47. The van der Waals surface area contributed by atoms with E-state index in [1.165, 1.54) is 23.0 Å². The largest absolute Gasteiger partial charge is 0.507 e. The third-order valence-corrected chi connectivity index (χ3v) is 6.46. The van der Waals surface area contributed by atoms with Gasteiger partial charge in [0.15, 0.2) is 17.0 Å². The monoisotopic (exact) mass is 476 g/mol. The van der Waals surface area contributed by atoms with Crippen molar-refractivity contribution in [2.75, 3.05) is 44.9 Å². The van der Waals surface area contributed by atoms with E-state index in [1.54, 1.807) is 42.5 Å². The molecule has 2 amide bonds. The van der Waals surface area contributed by atoms with Gasteiger partial charge in [-0.05, 0) is 24.3 Å². The first kappa shape index (κ1) is 22.7. The number of aliphatic hydroxyl groups is 1. The number of likely N-dealkylation sites (tertiary alicyclic amines) is 1. The molecule has 180 valence electrons. The first-order valence-electron chi connectivity index (χ1n) is 11.2. The van der Waals surface area contributed by atoms with Crippen LogP contribution in [0, 0.1) is 0 Å². The molecule has 0 aromatic heterocycles. The van der Waals surface area contributed by atoms with E-state index in [0.29, 0.717) is 36.0 Å². The Balaban J connectivity index is 1.78. The molecule has 1 atom stereocenters. The average molecular weight is 476 g/mol. The predicted octanol–water partition coefficient (Wildman–Crippen LogP) is 2.21. The second-order valence-electron chi connectivity index (χ2n) is 8.29. The number of Topliss-reactive ketones (excluding diaryl/α,β-unsaturated/α-hetero) is 1. The van der Waals surface area contributed by atoms with Gasteiger partial charge in [0.25, 0.3) is 17.6 Å². The molecule has 0 saturated carbocycles. The van der Waals surface area contributed by atoms with E-state index >= 15 is 0 Å². The van der Waals surface area contributed by atoms with Crippen LogP contribution in [0.1, 0.15) is 11.1 Å². The third kappa shape index (κ3) is 3.15. The summed E-state index contributed by atoms with van der Waals surface area (Å²) in [6, 6.07) is 11.6. The third-order valence-electron chi connectivity index (χ3n) is 6.46. The number of hydrogen-bond donors (Lipinski definition) is 1. The number of para-hydroxylation sites is 1. The summed E-state index contributed by atoms with van der Waals surface area (Å²) >= 11 is 0. The van der Waals surface area contributed by atoms with Gasteiger partial charge in [0, 0.05) is 31.3 Å². The van der Waals surface area contributed by atoms with Gasteiger partial charge in [0.05, 0.1) is 17.9 Å². The number of amides is 2. The smallest absolute Gasteiger partial charge is 0.296 e. The van der Waals surface area contributed by atoms with Gasteiger partial charge in [-0.15, -0.1) is 6.58 Å². The maximum absolute atomic E-state index is 14.1. The molecule has 0 unspecified atom stereocenters. The molecule has 5 rings (SSSR count). The van der Waals surface area contributed by atoms with Gasteiger partial charge in [-0.3, -0.25) is 14.4 Å². The Morgan fingerprint density at radius 3 is 2.63 bits per heavy atom. The number of anilines is 1. The number of fused-ring (bicyclic) bond motifs is 3. The number of ketones is 1. The summed E-state index contributed by atoms with van der Waals surface area (Å²) < 4.78 is 16.3. The summed E-state index contributed by atoms with van der Waals surface area (Å²) in [6.45, 7) is 4.70. The Morgan fingerprint density at radius 1 is 1.14 bits per heavy atom. The molecule has 0 bridgehead atoms. The summed E-state index contributed by atoms with van der Waals surface area (Å²) in [4.78, 5) is 43.6. The zero-order valence-corrected chi connectivity index (χ0v) is 19.2. The van der Waals surface area contributed by atoms with Crippen molar-refractivity contribution in [3.05, 3.63) is 71.8 Å². The standard InChI is InChI=1S/C26H24N2O7/c1-3-10-27-18-7-5-4-6-17(18)26(25(27)32)21(23(30)24(31)28(26)11-12-33-2)22(29)16-8-9-19-20(15-16)35-14-13-34-19/h3-9,15,29H,1,10-14H2,2H3/t26-/m0/s1. The maximum Gasteiger partial charge on any atom is 0.296 e. The van der Waals surface area contributed by atoms with Gasteiger partial charge >= 0.3 is 0 Å². The zero-order valence-electron chi connectivity index (χ0n) is 19.2. The lowest BCUT2D eigenvalue weighted by atomic mass is 9.82. The number of hydrogen-bond acceptors (Lipinski definition) is 7. The Labute approximate surface area is 201 Å². The van der Waals surface area contributed by atoms with Crippen molar-refractivity contribution in [2.45, 2.75) is 5.54 Å². The molecule has 1 spiro atoms. The number of carbonyl (C=O) groups is 3. The molecule has 9 heteroatoms. The number of aliphatic hydroxyl groups excluding tert-OH is 1. The minimum Gasteiger partial charge on any atom is -0.507 e. The van der Waals surface area contributed by atoms with Crippen molar-refractivity contribution in [3.8, 4) is 11.5 Å². The second kappa shape index (κ2) is 8.59. The fourth-order valence-electron chi connectivity index (χ4n) is 4.99. The van der Waals surface area contributed by atoms with E-state index in [2.05, 4.69) is 6.58 Å². The van der Waals surface area contributed by atoms with Crippen LogP contribution in [0.15, 0.2) is 60.7 Å². The van der Waals surface area contributed by atoms with Gasteiger partial charge in [-0.1, -0.05) is 24.3 Å². The number of carbonyl (C=O) groups excluding carboxylic acids is 3. The lowest BCUT2D eigenvalue weighted by Gasteiger charge is -2.34. The predicted molar refractivity (Wildman–Crippen MR) is 126 cm³/mol. The van der Waals surface area contributed by atoms with E-state index in [9.17, 15) is 19.5 Å². The lowest BCUT2D eigenvalue weighted by Crippen LogP contribution is -2.52. The molecular weight excluding hydrogens is 452 g/mol.